The largest absolute Gasteiger partial charge is 0.497 e. The summed E-state index contributed by atoms with van der Waals surface area (Å²) in [5.41, 5.74) is 7.07. The third-order valence-electron chi connectivity index (χ3n) is 7.56. The van der Waals surface area contributed by atoms with Gasteiger partial charge in [-0.2, -0.15) is 0 Å². The number of anilines is 3. The summed E-state index contributed by atoms with van der Waals surface area (Å²) in [5.74, 6) is 1.09. The molecule has 5 aromatic rings. The predicted molar refractivity (Wildman–Crippen MR) is 154 cm³/mol. The molecule has 0 aromatic heterocycles. The fourth-order valence-corrected chi connectivity index (χ4v) is 5.70. The Kier molecular flexibility index (Phi) is 5.13. The van der Waals surface area contributed by atoms with Gasteiger partial charge in [-0.05, 0) is 71.1 Å². The lowest BCUT2D eigenvalue weighted by molar-refractivity contribution is 0.0990. The molecule has 7 rings (SSSR count). The summed E-state index contributed by atoms with van der Waals surface area (Å²) in [6.07, 6.45) is 1.74. The molecule has 0 bridgehead atoms. The Bertz CT molecular complexity index is 1830. The molecule has 0 N–H and O–H groups in total. The van der Waals surface area contributed by atoms with Gasteiger partial charge in [-0.15, -0.1) is 0 Å². The predicted octanol–water partition coefficient (Wildman–Crippen LogP) is 7.77. The van der Waals surface area contributed by atoms with Crippen molar-refractivity contribution >= 4 is 45.5 Å². The second-order valence-corrected chi connectivity index (χ2v) is 9.58. The second kappa shape index (κ2) is 8.71. The molecule has 1 aliphatic heterocycles. The molecule has 0 saturated carbocycles. The van der Waals surface area contributed by atoms with Crippen molar-refractivity contribution in [2.24, 2.45) is 0 Å². The third kappa shape index (κ3) is 3.40. The van der Waals surface area contributed by atoms with Crippen LogP contribution in [0.2, 0.25) is 0 Å². The average molecular weight is 510 g/mol. The number of methoxy groups -OCH3 is 2. The van der Waals surface area contributed by atoms with Crippen LogP contribution in [0.4, 0.5) is 17.1 Å². The van der Waals surface area contributed by atoms with Crippen LogP contribution in [0.15, 0.2) is 103 Å². The molecule has 0 saturated heterocycles. The van der Waals surface area contributed by atoms with E-state index in [1.54, 1.807) is 44.6 Å². The summed E-state index contributed by atoms with van der Waals surface area (Å²) in [6, 6.07) is 31.3. The highest BCUT2D eigenvalue weighted by molar-refractivity contribution is 6.41. The van der Waals surface area contributed by atoms with Crippen molar-refractivity contribution < 1.29 is 19.1 Å². The van der Waals surface area contributed by atoms with E-state index >= 15 is 0 Å². The van der Waals surface area contributed by atoms with Crippen molar-refractivity contribution in [3.8, 4) is 22.6 Å². The molecule has 0 amide bonds. The third-order valence-corrected chi connectivity index (χ3v) is 7.56. The minimum Gasteiger partial charge on any atom is -0.497 e. The Labute approximate surface area is 225 Å². The quantitative estimate of drug-likeness (QED) is 0.179. The van der Waals surface area contributed by atoms with E-state index in [1.165, 1.54) is 0 Å². The Hall–Kier alpha value is -5.16. The number of allylic oxidation sites excluding steroid dienone is 1. The molecule has 0 fully saturated rings. The zero-order chi connectivity index (χ0) is 26.7. The first kappa shape index (κ1) is 23.0. The van der Waals surface area contributed by atoms with Gasteiger partial charge in [0.1, 0.15) is 11.5 Å². The van der Waals surface area contributed by atoms with E-state index < -0.39 is 0 Å². The molecule has 5 aromatic carbocycles. The van der Waals surface area contributed by atoms with E-state index in [2.05, 4.69) is 29.2 Å². The highest BCUT2D eigenvalue weighted by Gasteiger charge is 2.33. The zero-order valence-electron chi connectivity index (χ0n) is 21.4. The van der Waals surface area contributed by atoms with Gasteiger partial charge in [0.25, 0.3) is 0 Å². The van der Waals surface area contributed by atoms with E-state index in [9.17, 15) is 9.59 Å². The second-order valence-electron chi connectivity index (χ2n) is 9.58. The van der Waals surface area contributed by atoms with Gasteiger partial charge in [0, 0.05) is 27.8 Å². The maximum absolute atomic E-state index is 13.2. The van der Waals surface area contributed by atoms with Crippen molar-refractivity contribution in [3.05, 3.63) is 119 Å². The van der Waals surface area contributed by atoms with E-state index in [1.807, 2.05) is 48.5 Å². The molecule has 39 heavy (non-hydrogen) atoms. The molecule has 188 valence electrons. The van der Waals surface area contributed by atoms with Crippen LogP contribution < -0.4 is 14.4 Å². The molecule has 0 radical (unpaired) electrons. The number of Topliss-reactive ketones (excluding diaryl/α,β-unsaturated/α-hetero) is 2. The van der Waals surface area contributed by atoms with Crippen LogP contribution in [-0.4, -0.2) is 25.8 Å². The number of fused-ring (bicyclic) bond motifs is 3. The maximum Gasteiger partial charge on any atom is 0.197 e. The summed E-state index contributed by atoms with van der Waals surface area (Å²) in [5, 5.41) is 2.00. The van der Waals surface area contributed by atoms with Gasteiger partial charge < -0.3 is 14.4 Å². The molecule has 0 spiro atoms. The molecule has 5 nitrogen and oxygen atoms in total. The number of carbonyl (C=O) groups is 2. The van der Waals surface area contributed by atoms with Gasteiger partial charge in [0.2, 0.25) is 0 Å². The number of benzene rings is 5. The van der Waals surface area contributed by atoms with Crippen molar-refractivity contribution in [1.82, 2.24) is 0 Å². The van der Waals surface area contributed by atoms with E-state index in [4.69, 9.17) is 9.47 Å². The van der Waals surface area contributed by atoms with Crippen LogP contribution >= 0.6 is 0 Å². The van der Waals surface area contributed by atoms with E-state index in [0.29, 0.717) is 11.1 Å². The fraction of sp³-hybridized carbons (Fsp3) is 0.0588. The van der Waals surface area contributed by atoms with E-state index in [0.717, 1.165) is 56.0 Å². The molecule has 0 atom stereocenters. The molecule has 1 aliphatic carbocycles. The Morgan fingerprint density at radius 3 is 1.95 bits per heavy atom. The minimum atomic E-state index is -0.231. The van der Waals surface area contributed by atoms with Crippen molar-refractivity contribution in [3.63, 3.8) is 0 Å². The first-order chi connectivity index (χ1) is 19.1. The molecular formula is C34H23NO4. The van der Waals surface area contributed by atoms with E-state index in [-0.39, 0.29) is 17.1 Å². The normalized spacial score (nSPS) is 13.4. The molecule has 0 unspecified atom stereocenters. The van der Waals surface area contributed by atoms with Gasteiger partial charge in [0.05, 0.1) is 31.2 Å². The fourth-order valence-electron chi connectivity index (χ4n) is 5.70. The number of hydrogen-bond acceptors (Lipinski definition) is 5. The maximum atomic E-state index is 13.2. The molecule has 2 aliphatic rings. The smallest absolute Gasteiger partial charge is 0.197 e. The number of ether oxygens (including phenoxy) is 2. The summed E-state index contributed by atoms with van der Waals surface area (Å²) >= 11 is 0. The van der Waals surface area contributed by atoms with Crippen LogP contribution in [0.1, 0.15) is 26.3 Å². The van der Waals surface area contributed by atoms with Gasteiger partial charge in [-0.25, -0.2) is 0 Å². The SMILES string of the molecule is COc1ccc(N2c3ccc(OC)cc3-c3cccc4c(C=C5C(=O)c6ccccc6C5=O)ccc2c34)cc1. The lowest BCUT2D eigenvalue weighted by atomic mass is 9.88. The average Bonchev–Trinajstić information content (AvgIpc) is 3.23. The number of ketones is 2. The topological polar surface area (TPSA) is 55.8 Å². The van der Waals surface area contributed by atoms with Gasteiger partial charge >= 0.3 is 0 Å². The number of rotatable bonds is 4. The van der Waals surface area contributed by atoms with Crippen LogP contribution in [0.5, 0.6) is 11.5 Å². The number of nitrogens with zero attached hydrogens (tertiary/aromatic N) is 1. The Balaban J connectivity index is 1.47. The summed E-state index contributed by atoms with van der Waals surface area (Å²) in [6.45, 7) is 0. The summed E-state index contributed by atoms with van der Waals surface area (Å²) in [4.78, 5) is 28.5. The Morgan fingerprint density at radius 1 is 0.615 bits per heavy atom. The van der Waals surface area contributed by atoms with Crippen molar-refractivity contribution in [2.75, 3.05) is 19.1 Å². The minimum absolute atomic E-state index is 0.196. The molecular weight excluding hydrogens is 486 g/mol. The monoisotopic (exact) mass is 509 g/mol. The first-order valence-corrected chi connectivity index (χ1v) is 12.7. The van der Waals surface area contributed by atoms with Crippen molar-refractivity contribution in [2.45, 2.75) is 0 Å². The lowest BCUT2D eigenvalue weighted by Crippen LogP contribution is -2.15. The van der Waals surface area contributed by atoms with Crippen LogP contribution in [-0.2, 0) is 0 Å². The highest BCUT2D eigenvalue weighted by Crippen LogP contribution is 2.52. The van der Waals surface area contributed by atoms with Gasteiger partial charge in [0.15, 0.2) is 11.6 Å². The van der Waals surface area contributed by atoms with Crippen LogP contribution in [0.25, 0.3) is 28.0 Å². The van der Waals surface area contributed by atoms with Crippen LogP contribution in [0.3, 0.4) is 0 Å². The summed E-state index contributed by atoms with van der Waals surface area (Å²) in [7, 11) is 3.32. The number of carbonyl (C=O) groups excluding carboxylic acids is 2. The molecule has 1 heterocycles. The van der Waals surface area contributed by atoms with Gasteiger partial charge in [-0.1, -0.05) is 48.5 Å². The first-order valence-electron chi connectivity index (χ1n) is 12.7. The van der Waals surface area contributed by atoms with Gasteiger partial charge in [-0.3, -0.25) is 9.59 Å². The zero-order valence-corrected chi connectivity index (χ0v) is 21.4. The highest BCUT2D eigenvalue weighted by atomic mass is 16.5. The lowest BCUT2D eigenvalue weighted by Gasteiger charge is -2.34. The standard InChI is InChI=1S/C34H23NO4/c1-38-22-13-11-21(12-14-22)35-30-17-15-23(39-2)19-28(30)25-9-5-8-24-20(10-16-31(35)32(24)25)18-29-33(36)26-6-3-4-7-27(26)34(29)37/h3-19H,1-2H3. The molecule has 5 heteroatoms. The summed E-state index contributed by atoms with van der Waals surface area (Å²) < 4.78 is 11.0. The Morgan fingerprint density at radius 2 is 1.26 bits per heavy atom. The van der Waals surface area contributed by atoms with Crippen molar-refractivity contribution in [1.29, 1.82) is 0 Å². The van der Waals surface area contributed by atoms with Crippen LogP contribution in [0, 0.1) is 0 Å². The number of hydrogen-bond donors (Lipinski definition) is 0.